The lowest BCUT2D eigenvalue weighted by atomic mass is 10.0. The van der Waals surface area contributed by atoms with Gasteiger partial charge in [0.25, 0.3) is 5.56 Å². The van der Waals surface area contributed by atoms with Crippen molar-refractivity contribution >= 4 is 16.5 Å². The van der Waals surface area contributed by atoms with E-state index in [0.29, 0.717) is 23.2 Å². The second kappa shape index (κ2) is 7.72. The number of benzene rings is 1. The summed E-state index contributed by atoms with van der Waals surface area (Å²) in [5.74, 6) is 0. The standard InChI is InChI=1S/C18H16F3NO.C2H6/c1-2-13-11-12-7-6-10-15(18(19,20)21)16(12)17(23)22(13)14-8-4-3-5-9-14;1-2/h4,6-11H,2-3,5H2,1H3;1-2H3. The van der Waals surface area contributed by atoms with Crippen LogP contribution < -0.4 is 5.56 Å². The van der Waals surface area contributed by atoms with Crippen LogP contribution in [0.1, 0.15) is 44.9 Å². The van der Waals surface area contributed by atoms with Gasteiger partial charge in [0.2, 0.25) is 0 Å². The number of nitrogens with zero attached hydrogens (tertiary/aromatic N) is 1. The fraction of sp³-hybridized carbons (Fsp3) is 0.350. The summed E-state index contributed by atoms with van der Waals surface area (Å²) in [6.07, 6.45) is 3.28. The second-order valence-corrected chi connectivity index (χ2v) is 5.51. The monoisotopic (exact) mass is 349 g/mol. The number of fused-ring (bicyclic) bond motifs is 1. The van der Waals surface area contributed by atoms with Crippen LogP contribution >= 0.6 is 0 Å². The second-order valence-electron chi connectivity index (χ2n) is 5.51. The Morgan fingerprint density at radius 1 is 1.16 bits per heavy atom. The number of halogens is 3. The molecule has 5 heteroatoms. The predicted molar refractivity (Wildman–Crippen MR) is 96.6 cm³/mol. The van der Waals surface area contributed by atoms with Crippen molar-refractivity contribution in [3.8, 4) is 0 Å². The molecule has 0 bridgehead atoms. The summed E-state index contributed by atoms with van der Waals surface area (Å²) in [4.78, 5) is 12.9. The van der Waals surface area contributed by atoms with Crippen molar-refractivity contribution in [1.29, 1.82) is 0 Å². The zero-order valence-corrected chi connectivity index (χ0v) is 14.7. The zero-order valence-electron chi connectivity index (χ0n) is 14.7. The summed E-state index contributed by atoms with van der Waals surface area (Å²) in [5, 5.41) is 0.0652. The van der Waals surface area contributed by atoms with Gasteiger partial charge >= 0.3 is 6.18 Å². The van der Waals surface area contributed by atoms with Gasteiger partial charge in [-0.2, -0.15) is 13.2 Å². The number of alkyl halides is 3. The van der Waals surface area contributed by atoms with E-state index in [1.54, 1.807) is 18.2 Å². The van der Waals surface area contributed by atoms with Crippen LogP contribution in [0.3, 0.4) is 0 Å². The molecule has 0 atom stereocenters. The summed E-state index contributed by atoms with van der Waals surface area (Å²) in [6.45, 7) is 5.89. The van der Waals surface area contributed by atoms with E-state index in [-0.39, 0.29) is 5.39 Å². The highest BCUT2D eigenvalue weighted by molar-refractivity contribution is 5.87. The fourth-order valence-corrected chi connectivity index (χ4v) is 2.96. The van der Waals surface area contributed by atoms with Crippen molar-refractivity contribution < 1.29 is 13.2 Å². The Hall–Kier alpha value is -2.30. The molecule has 1 aliphatic carbocycles. The van der Waals surface area contributed by atoms with Gasteiger partial charge in [0.1, 0.15) is 0 Å². The fourth-order valence-electron chi connectivity index (χ4n) is 2.96. The highest BCUT2D eigenvalue weighted by atomic mass is 19.4. The molecule has 134 valence electrons. The van der Waals surface area contributed by atoms with Gasteiger partial charge in [-0.25, -0.2) is 0 Å². The Bertz CT molecular complexity index is 873. The maximum absolute atomic E-state index is 13.3. The topological polar surface area (TPSA) is 22.0 Å². The minimum Gasteiger partial charge on any atom is -0.281 e. The summed E-state index contributed by atoms with van der Waals surface area (Å²) in [7, 11) is 0. The van der Waals surface area contributed by atoms with Gasteiger partial charge in [-0.05, 0) is 42.9 Å². The zero-order chi connectivity index (χ0) is 18.6. The lowest BCUT2D eigenvalue weighted by molar-refractivity contribution is -0.136. The van der Waals surface area contributed by atoms with Crippen LogP contribution in [-0.2, 0) is 12.6 Å². The molecule has 1 aromatic carbocycles. The average Bonchev–Trinajstić information content (AvgIpc) is 2.62. The number of allylic oxidation sites excluding steroid dienone is 4. The van der Waals surface area contributed by atoms with Crippen molar-refractivity contribution in [1.82, 2.24) is 4.57 Å². The van der Waals surface area contributed by atoms with Crippen LogP contribution in [0.15, 0.2) is 47.3 Å². The molecule has 1 heterocycles. The van der Waals surface area contributed by atoms with Gasteiger partial charge < -0.3 is 0 Å². The summed E-state index contributed by atoms with van der Waals surface area (Å²) >= 11 is 0. The van der Waals surface area contributed by atoms with Crippen LogP contribution in [0.2, 0.25) is 0 Å². The van der Waals surface area contributed by atoms with E-state index >= 15 is 0 Å². The number of hydrogen-bond donors (Lipinski definition) is 0. The number of aryl methyl sites for hydroxylation is 1. The molecule has 0 aliphatic heterocycles. The smallest absolute Gasteiger partial charge is 0.281 e. The summed E-state index contributed by atoms with van der Waals surface area (Å²) < 4.78 is 41.2. The molecular formula is C20H22F3NO. The molecule has 25 heavy (non-hydrogen) atoms. The quantitative estimate of drug-likeness (QED) is 0.671. The third kappa shape index (κ3) is 3.70. The molecule has 2 aromatic rings. The molecule has 0 fully saturated rings. The molecule has 0 unspecified atom stereocenters. The number of pyridine rings is 1. The SMILES string of the molecule is CC.CCc1cc2cccc(C(F)(F)F)c2c(=O)n1C1=CCCC=C1. The first kappa shape index (κ1) is 19.0. The number of aromatic nitrogens is 1. The molecule has 0 saturated carbocycles. The van der Waals surface area contributed by atoms with Crippen molar-refractivity contribution in [2.24, 2.45) is 0 Å². The van der Waals surface area contributed by atoms with E-state index in [9.17, 15) is 18.0 Å². The molecule has 0 N–H and O–H groups in total. The van der Waals surface area contributed by atoms with E-state index in [0.717, 1.165) is 18.9 Å². The third-order valence-electron chi connectivity index (χ3n) is 4.02. The Morgan fingerprint density at radius 3 is 2.44 bits per heavy atom. The molecule has 0 amide bonds. The van der Waals surface area contributed by atoms with Crippen molar-refractivity contribution in [3.05, 3.63) is 64.1 Å². The first-order chi connectivity index (χ1) is 11.9. The highest BCUT2D eigenvalue weighted by Crippen LogP contribution is 2.34. The summed E-state index contributed by atoms with van der Waals surface area (Å²) in [6, 6.07) is 5.54. The first-order valence-electron chi connectivity index (χ1n) is 8.55. The van der Waals surface area contributed by atoms with Gasteiger partial charge in [0.05, 0.1) is 10.9 Å². The Kier molecular flexibility index (Phi) is 5.88. The van der Waals surface area contributed by atoms with E-state index in [1.165, 1.54) is 10.6 Å². The van der Waals surface area contributed by atoms with Gasteiger partial charge in [-0.1, -0.05) is 45.1 Å². The molecule has 1 aromatic heterocycles. The third-order valence-corrected chi connectivity index (χ3v) is 4.02. The first-order valence-corrected chi connectivity index (χ1v) is 8.55. The minimum atomic E-state index is -4.55. The molecule has 0 radical (unpaired) electrons. The van der Waals surface area contributed by atoms with Gasteiger partial charge in [-0.15, -0.1) is 0 Å². The minimum absolute atomic E-state index is 0.267. The van der Waals surface area contributed by atoms with Crippen molar-refractivity contribution in [2.45, 2.75) is 46.2 Å². The molecule has 0 spiro atoms. The van der Waals surface area contributed by atoms with E-state index in [4.69, 9.17) is 0 Å². The Morgan fingerprint density at radius 2 is 1.88 bits per heavy atom. The molecule has 3 rings (SSSR count). The lowest BCUT2D eigenvalue weighted by Gasteiger charge is -2.18. The normalized spacial score (nSPS) is 14.1. The maximum Gasteiger partial charge on any atom is 0.417 e. The van der Waals surface area contributed by atoms with Crippen molar-refractivity contribution in [2.75, 3.05) is 0 Å². The Labute approximate surface area is 145 Å². The van der Waals surface area contributed by atoms with Gasteiger partial charge in [-0.3, -0.25) is 9.36 Å². The number of hydrogen-bond acceptors (Lipinski definition) is 1. The lowest BCUT2D eigenvalue weighted by Crippen LogP contribution is -2.25. The van der Waals surface area contributed by atoms with Crippen molar-refractivity contribution in [3.63, 3.8) is 0 Å². The van der Waals surface area contributed by atoms with E-state index in [1.807, 2.05) is 32.9 Å². The molecular weight excluding hydrogens is 327 g/mol. The van der Waals surface area contributed by atoms with E-state index < -0.39 is 17.3 Å². The summed E-state index contributed by atoms with van der Waals surface area (Å²) in [5.41, 5.74) is -0.126. The van der Waals surface area contributed by atoms with E-state index in [2.05, 4.69) is 0 Å². The maximum atomic E-state index is 13.3. The van der Waals surface area contributed by atoms with Crippen LogP contribution in [-0.4, -0.2) is 4.57 Å². The number of rotatable bonds is 2. The highest BCUT2D eigenvalue weighted by Gasteiger charge is 2.34. The van der Waals surface area contributed by atoms with Gasteiger partial charge in [0.15, 0.2) is 0 Å². The van der Waals surface area contributed by atoms with Crippen LogP contribution in [0.5, 0.6) is 0 Å². The average molecular weight is 349 g/mol. The Balaban J connectivity index is 0.00000109. The predicted octanol–water partition coefficient (Wildman–Crippen LogP) is 5.80. The van der Waals surface area contributed by atoms with Crippen LogP contribution in [0.4, 0.5) is 13.2 Å². The molecule has 1 aliphatic rings. The molecule has 2 nitrogen and oxygen atoms in total. The van der Waals surface area contributed by atoms with Crippen LogP contribution in [0, 0.1) is 0 Å². The largest absolute Gasteiger partial charge is 0.417 e. The van der Waals surface area contributed by atoms with Crippen LogP contribution in [0.25, 0.3) is 16.5 Å². The van der Waals surface area contributed by atoms with Gasteiger partial charge in [0, 0.05) is 11.4 Å². The molecule has 0 saturated heterocycles.